The molecule has 0 aromatic heterocycles. The third-order valence-corrected chi connectivity index (χ3v) is 4.91. The molecule has 0 spiro atoms. The maximum atomic E-state index is 13.0. The molecule has 1 aliphatic rings. The Bertz CT molecular complexity index is 985. The van der Waals surface area contributed by atoms with Gasteiger partial charge in [-0.3, -0.25) is 19.8 Å². The minimum Gasteiger partial charge on any atom is -0.507 e. The number of aryl methyl sites for hydroxylation is 2. The number of nitrogens with one attached hydrogen (secondary N) is 1. The lowest BCUT2D eigenvalue weighted by molar-refractivity contribution is -0.122. The predicted molar refractivity (Wildman–Crippen MR) is 108 cm³/mol. The van der Waals surface area contributed by atoms with Gasteiger partial charge < -0.3 is 5.11 Å². The first-order chi connectivity index (χ1) is 12.3. The van der Waals surface area contributed by atoms with Gasteiger partial charge >= 0.3 is 0 Å². The normalized spacial score (nSPS) is 16.2. The maximum absolute atomic E-state index is 13.0. The van der Waals surface area contributed by atoms with Gasteiger partial charge in [0.05, 0.1) is 10.2 Å². The fraction of sp³-hybridized carbons (Fsp3) is 0.105. The zero-order valence-corrected chi connectivity index (χ0v) is 16.4. The van der Waals surface area contributed by atoms with Gasteiger partial charge in [0.2, 0.25) is 0 Å². The highest BCUT2D eigenvalue weighted by Gasteiger charge is 2.35. The first-order valence-corrected chi connectivity index (χ1v) is 8.95. The highest BCUT2D eigenvalue weighted by molar-refractivity contribution is 9.10. The number of carbonyl (C=O) groups excluding carboxylic acids is 2. The van der Waals surface area contributed by atoms with Crippen LogP contribution in [0.25, 0.3) is 6.08 Å². The van der Waals surface area contributed by atoms with Crippen LogP contribution in [-0.2, 0) is 9.59 Å². The van der Waals surface area contributed by atoms with E-state index in [-0.39, 0.29) is 16.4 Å². The Balaban J connectivity index is 2.07. The average molecular weight is 431 g/mol. The first kappa shape index (κ1) is 18.3. The molecule has 1 aliphatic heterocycles. The van der Waals surface area contributed by atoms with Crippen LogP contribution < -0.4 is 10.2 Å². The number of amides is 2. The molecule has 0 radical (unpaired) electrons. The standard InChI is InChI=1S/C19H15BrN2O3S/c1-10-3-4-11(2)15(7-10)22-18(25)13(17(24)21-19(22)26)8-12-5-6-16(23)14(20)9-12/h3-9,23H,1-2H3,(H,21,24,26)/b13-8-. The number of thiocarbonyl (C=S) groups is 1. The zero-order chi connectivity index (χ0) is 19.0. The van der Waals surface area contributed by atoms with Crippen molar-refractivity contribution in [2.45, 2.75) is 13.8 Å². The van der Waals surface area contributed by atoms with Gasteiger partial charge in [-0.1, -0.05) is 18.2 Å². The summed E-state index contributed by atoms with van der Waals surface area (Å²) in [5.41, 5.74) is 3.05. The molecule has 0 bridgehead atoms. The van der Waals surface area contributed by atoms with E-state index in [1.165, 1.54) is 17.0 Å². The number of halogens is 1. The van der Waals surface area contributed by atoms with Crippen molar-refractivity contribution in [2.75, 3.05) is 4.90 Å². The van der Waals surface area contributed by atoms with E-state index in [1.54, 1.807) is 12.1 Å². The third-order valence-electron chi connectivity index (χ3n) is 3.99. The number of nitrogens with zero attached hydrogens (tertiary/aromatic N) is 1. The molecule has 3 rings (SSSR count). The number of phenols is 1. The summed E-state index contributed by atoms with van der Waals surface area (Å²) in [5, 5.41) is 12.2. The largest absolute Gasteiger partial charge is 0.507 e. The summed E-state index contributed by atoms with van der Waals surface area (Å²) < 4.78 is 0.470. The molecular formula is C19H15BrN2O3S. The average Bonchev–Trinajstić information content (AvgIpc) is 2.57. The molecule has 0 unspecified atom stereocenters. The minimum absolute atomic E-state index is 0.0305. The quantitative estimate of drug-likeness (QED) is 0.433. The molecule has 2 amide bonds. The highest BCUT2D eigenvalue weighted by atomic mass is 79.9. The molecule has 0 saturated carbocycles. The number of rotatable bonds is 2. The lowest BCUT2D eigenvalue weighted by Gasteiger charge is -2.30. The van der Waals surface area contributed by atoms with Gasteiger partial charge in [-0.2, -0.15) is 0 Å². The molecule has 5 nitrogen and oxygen atoms in total. The molecule has 1 saturated heterocycles. The van der Waals surface area contributed by atoms with Crippen molar-refractivity contribution in [3.63, 3.8) is 0 Å². The fourth-order valence-electron chi connectivity index (χ4n) is 2.62. The molecule has 26 heavy (non-hydrogen) atoms. The van der Waals surface area contributed by atoms with E-state index in [9.17, 15) is 14.7 Å². The van der Waals surface area contributed by atoms with Crippen LogP contribution in [0.1, 0.15) is 16.7 Å². The Kier molecular flexibility index (Phi) is 4.93. The summed E-state index contributed by atoms with van der Waals surface area (Å²) in [6.07, 6.45) is 1.47. The summed E-state index contributed by atoms with van der Waals surface area (Å²) in [6.45, 7) is 3.80. The Hall–Kier alpha value is -2.51. The Morgan fingerprint density at radius 1 is 1.15 bits per heavy atom. The van der Waals surface area contributed by atoms with Crippen LogP contribution in [0.3, 0.4) is 0 Å². The van der Waals surface area contributed by atoms with Gasteiger partial charge in [0, 0.05) is 0 Å². The van der Waals surface area contributed by atoms with Crippen LogP contribution in [0.4, 0.5) is 5.69 Å². The number of carbonyl (C=O) groups is 2. The highest BCUT2D eigenvalue weighted by Crippen LogP contribution is 2.28. The molecular weight excluding hydrogens is 416 g/mol. The number of benzene rings is 2. The maximum Gasteiger partial charge on any atom is 0.270 e. The van der Waals surface area contributed by atoms with Gasteiger partial charge in [0.15, 0.2) is 5.11 Å². The molecule has 2 N–H and O–H groups in total. The summed E-state index contributed by atoms with van der Waals surface area (Å²) >= 11 is 8.45. The summed E-state index contributed by atoms with van der Waals surface area (Å²) in [6, 6.07) is 10.4. The van der Waals surface area contributed by atoms with Crippen LogP contribution in [0.15, 0.2) is 46.4 Å². The smallest absolute Gasteiger partial charge is 0.270 e. The van der Waals surface area contributed by atoms with E-state index in [0.29, 0.717) is 15.7 Å². The van der Waals surface area contributed by atoms with Crippen molar-refractivity contribution < 1.29 is 14.7 Å². The monoisotopic (exact) mass is 430 g/mol. The van der Waals surface area contributed by atoms with Crippen LogP contribution in [0.2, 0.25) is 0 Å². The molecule has 2 aromatic rings. The number of hydrogen-bond donors (Lipinski definition) is 2. The van der Waals surface area contributed by atoms with E-state index in [1.807, 2.05) is 32.0 Å². The number of hydrogen-bond acceptors (Lipinski definition) is 4. The van der Waals surface area contributed by atoms with Crippen LogP contribution in [-0.4, -0.2) is 22.0 Å². The molecule has 1 heterocycles. The molecule has 132 valence electrons. The van der Waals surface area contributed by atoms with Crippen molar-refractivity contribution in [3.8, 4) is 5.75 Å². The molecule has 7 heteroatoms. The Morgan fingerprint density at radius 3 is 2.58 bits per heavy atom. The number of anilines is 1. The summed E-state index contributed by atoms with van der Waals surface area (Å²) in [7, 11) is 0. The zero-order valence-electron chi connectivity index (χ0n) is 14.0. The Labute approximate surface area is 164 Å². The second-order valence-corrected chi connectivity index (χ2v) is 7.20. The second kappa shape index (κ2) is 7.01. The SMILES string of the molecule is Cc1ccc(C)c(N2C(=O)/C(=C\c3ccc(O)c(Br)c3)C(=O)NC2=S)c1. The van der Waals surface area contributed by atoms with E-state index >= 15 is 0 Å². The Morgan fingerprint density at radius 2 is 1.88 bits per heavy atom. The number of aromatic hydroxyl groups is 1. The lowest BCUT2D eigenvalue weighted by Crippen LogP contribution is -2.54. The molecule has 0 atom stereocenters. The van der Waals surface area contributed by atoms with Crippen molar-refractivity contribution in [3.05, 3.63) is 63.1 Å². The van der Waals surface area contributed by atoms with Crippen LogP contribution in [0, 0.1) is 13.8 Å². The van der Waals surface area contributed by atoms with Crippen molar-refractivity contribution in [1.29, 1.82) is 0 Å². The molecule has 2 aromatic carbocycles. The van der Waals surface area contributed by atoms with Gasteiger partial charge in [-0.15, -0.1) is 0 Å². The lowest BCUT2D eigenvalue weighted by atomic mass is 10.0. The van der Waals surface area contributed by atoms with Gasteiger partial charge in [-0.25, -0.2) is 0 Å². The topological polar surface area (TPSA) is 69.6 Å². The second-order valence-electron chi connectivity index (χ2n) is 5.96. The predicted octanol–water partition coefficient (Wildman–Crippen LogP) is 3.60. The van der Waals surface area contributed by atoms with Gasteiger partial charge in [-0.05, 0) is 83.0 Å². The first-order valence-electron chi connectivity index (χ1n) is 7.75. The van der Waals surface area contributed by atoms with Crippen LogP contribution >= 0.6 is 28.1 Å². The summed E-state index contributed by atoms with van der Waals surface area (Å²) in [4.78, 5) is 26.7. The van der Waals surface area contributed by atoms with Crippen molar-refractivity contribution in [1.82, 2.24) is 5.32 Å². The van der Waals surface area contributed by atoms with Crippen molar-refractivity contribution >= 4 is 56.8 Å². The number of phenolic OH excluding ortho intramolecular Hbond substituents is 1. The fourth-order valence-corrected chi connectivity index (χ4v) is 3.29. The molecule has 1 fully saturated rings. The minimum atomic E-state index is -0.550. The van der Waals surface area contributed by atoms with Crippen molar-refractivity contribution in [2.24, 2.45) is 0 Å². The van der Waals surface area contributed by atoms with E-state index < -0.39 is 11.8 Å². The third kappa shape index (κ3) is 3.40. The summed E-state index contributed by atoms with van der Waals surface area (Å²) in [5.74, 6) is -0.966. The van der Waals surface area contributed by atoms with E-state index in [2.05, 4.69) is 21.2 Å². The molecule has 0 aliphatic carbocycles. The van der Waals surface area contributed by atoms with Crippen LogP contribution in [0.5, 0.6) is 5.75 Å². The van der Waals surface area contributed by atoms with Gasteiger partial charge in [0.1, 0.15) is 11.3 Å². The van der Waals surface area contributed by atoms with E-state index in [0.717, 1.165) is 11.1 Å². The van der Waals surface area contributed by atoms with Gasteiger partial charge in [0.25, 0.3) is 11.8 Å². The van der Waals surface area contributed by atoms with E-state index in [4.69, 9.17) is 12.2 Å².